The number of hydrogen-bond donors (Lipinski definition) is 0. The molecule has 0 aliphatic rings. The Bertz CT molecular complexity index is 334. The molecule has 0 atom stereocenters. The number of halogens is 2. The molecule has 0 bridgehead atoms. The van der Waals surface area contributed by atoms with Crippen LogP contribution in [-0.2, 0) is 0 Å². The molecule has 0 aliphatic heterocycles. The van der Waals surface area contributed by atoms with Gasteiger partial charge in [-0.3, -0.25) is 4.79 Å². The SMILES string of the molecule is O=Cc1ccc(F)c(C=CCCl)c1. The van der Waals surface area contributed by atoms with Crippen LogP contribution in [0.25, 0.3) is 6.08 Å². The zero-order valence-electron chi connectivity index (χ0n) is 6.84. The van der Waals surface area contributed by atoms with Crippen LogP contribution in [0.5, 0.6) is 0 Å². The maximum absolute atomic E-state index is 13.0. The van der Waals surface area contributed by atoms with E-state index in [9.17, 15) is 9.18 Å². The molecule has 1 aromatic rings. The molecule has 1 aromatic carbocycles. The highest BCUT2D eigenvalue weighted by Gasteiger charge is 1.98. The van der Waals surface area contributed by atoms with Crippen LogP contribution in [0.15, 0.2) is 24.3 Å². The summed E-state index contributed by atoms with van der Waals surface area (Å²) in [6, 6.07) is 4.17. The standard InChI is InChI=1S/C10H8ClFO/c11-5-1-2-9-6-8(7-13)3-4-10(9)12/h1-4,6-7H,5H2. The highest BCUT2D eigenvalue weighted by molar-refractivity contribution is 6.19. The van der Waals surface area contributed by atoms with Crippen molar-refractivity contribution in [1.29, 1.82) is 0 Å². The Kier molecular flexibility index (Phi) is 3.65. The highest BCUT2D eigenvalue weighted by Crippen LogP contribution is 2.11. The van der Waals surface area contributed by atoms with Crippen LogP contribution in [-0.4, -0.2) is 12.2 Å². The maximum atomic E-state index is 13.0. The van der Waals surface area contributed by atoms with Crippen molar-refractivity contribution in [1.82, 2.24) is 0 Å². The molecule has 0 saturated carbocycles. The third kappa shape index (κ3) is 2.67. The molecule has 0 N–H and O–H groups in total. The van der Waals surface area contributed by atoms with Crippen molar-refractivity contribution in [2.45, 2.75) is 0 Å². The van der Waals surface area contributed by atoms with E-state index in [1.165, 1.54) is 18.2 Å². The Labute approximate surface area is 80.8 Å². The van der Waals surface area contributed by atoms with Gasteiger partial charge >= 0.3 is 0 Å². The van der Waals surface area contributed by atoms with Crippen LogP contribution < -0.4 is 0 Å². The topological polar surface area (TPSA) is 17.1 Å². The first kappa shape index (κ1) is 9.93. The number of benzene rings is 1. The Morgan fingerprint density at radius 1 is 1.46 bits per heavy atom. The minimum Gasteiger partial charge on any atom is -0.298 e. The van der Waals surface area contributed by atoms with Gasteiger partial charge in [0.05, 0.1) is 0 Å². The lowest BCUT2D eigenvalue weighted by molar-refractivity contribution is 0.112. The van der Waals surface area contributed by atoms with E-state index in [1.807, 2.05) is 0 Å². The third-order valence-electron chi connectivity index (χ3n) is 1.54. The van der Waals surface area contributed by atoms with Gasteiger partial charge in [-0.2, -0.15) is 0 Å². The first-order chi connectivity index (χ1) is 6.27. The van der Waals surface area contributed by atoms with Gasteiger partial charge in [-0.05, 0) is 18.2 Å². The van der Waals surface area contributed by atoms with Gasteiger partial charge < -0.3 is 0 Å². The number of carbonyl (C=O) groups is 1. The van der Waals surface area contributed by atoms with E-state index in [4.69, 9.17) is 11.6 Å². The predicted octanol–water partition coefficient (Wildman–Crippen LogP) is 2.89. The summed E-state index contributed by atoms with van der Waals surface area (Å²) in [7, 11) is 0. The average molecular weight is 199 g/mol. The number of rotatable bonds is 3. The van der Waals surface area contributed by atoms with Gasteiger partial charge in [0.2, 0.25) is 0 Å². The van der Waals surface area contributed by atoms with Crippen molar-refractivity contribution in [3.05, 3.63) is 41.2 Å². The van der Waals surface area contributed by atoms with Crippen LogP contribution in [0.4, 0.5) is 4.39 Å². The average Bonchev–Trinajstić information content (AvgIpc) is 2.17. The monoisotopic (exact) mass is 198 g/mol. The minimum atomic E-state index is -0.355. The Morgan fingerprint density at radius 2 is 2.23 bits per heavy atom. The summed E-state index contributed by atoms with van der Waals surface area (Å²) in [5, 5.41) is 0. The second kappa shape index (κ2) is 4.77. The molecule has 3 heteroatoms. The maximum Gasteiger partial charge on any atom is 0.150 e. The molecule has 13 heavy (non-hydrogen) atoms. The molecule has 0 amide bonds. The molecular weight excluding hydrogens is 191 g/mol. The van der Waals surface area contributed by atoms with Gasteiger partial charge in [0.25, 0.3) is 0 Å². The lowest BCUT2D eigenvalue weighted by Gasteiger charge is -1.96. The zero-order chi connectivity index (χ0) is 9.68. The van der Waals surface area contributed by atoms with Crippen molar-refractivity contribution < 1.29 is 9.18 Å². The Morgan fingerprint density at radius 3 is 2.85 bits per heavy atom. The molecular formula is C10H8ClFO. The molecule has 0 aromatic heterocycles. The van der Waals surface area contributed by atoms with Crippen LogP contribution >= 0.6 is 11.6 Å². The fourth-order valence-corrected chi connectivity index (χ4v) is 1.02. The quantitative estimate of drug-likeness (QED) is 0.539. The first-order valence-electron chi connectivity index (χ1n) is 3.75. The van der Waals surface area contributed by atoms with Crippen LogP contribution in [0.3, 0.4) is 0 Å². The van der Waals surface area contributed by atoms with E-state index in [0.717, 1.165) is 0 Å². The number of alkyl halides is 1. The summed E-state index contributed by atoms with van der Waals surface area (Å²) in [6.45, 7) is 0. The largest absolute Gasteiger partial charge is 0.298 e. The van der Waals surface area contributed by atoms with Crippen molar-refractivity contribution in [2.24, 2.45) is 0 Å². The Hall–Kier alpha value is -1.15. The van der Waals surface area contributed by atoms with Gasteiger partial charge in [0.1, 0.15) is 12.1 Å². The molecule has 0 fully saturated rings. The van der Waals surface area contributed by atoms with Gasteiger partial charge in [0, 0.05) is 17.0 Å². The summed E-state index contributed by atoms with van der Waals surface area (Å²) < 4.78 is 13.0. The number of carbonyl (C=O) groups excluding carboxylic acids is 1. The van der Waals surface area contributed by atoms with E-state index in [0.29, 0.717) is 23.3 Å². The smallest absolute Gasteiger partial charge is 0.150 e. The summed E-state index contributed by atoms with van der Waals surface area (Å²) >= 11 is 5.40. The summed E-state index contributed by atoms with van der Waals surface area (Å²) in [4.78, 5) is 10.4. The number of aldehydes is 1. The van der Waals surface area contributed by atoms with Crippen molar-refractivity contribution >= 4 is 24.0 Å². The number of allylic oxidation sites excluding steroid dienone is 1. The summed E-state index contributed by atoms with van der Waals surface area (Å²) in [5.74, 6) is -0.0305. The lowest BCUT2D eigenvalue weighted by Crippen LogP contribution is -1.86. The fourth-order valence-electron chi connectivity index (χ4n) is 0.935. The molecule has 0 aliphatic carbocycles. The molecule has 0 spiro atoms. The summed E-state index contributed by atoms with van der Waals surface area (Å²) in [5.41, 5.74) is 0.834. The van der Waals surface area contributed by atoms with E-state index in [1.54, 1.807) is 12.2 Å². The summed E-state index contributed by atoms with van der Waals surface area (Å²) in [6.07, 6.45) is 3.85. The van der Waals surface area contributed by atoms with E-state index < -0.39 is 0 Å². The van der Waals surface area contributed by atoms with Gasteiger partial charge in [-0.15, -0.1) is 11.6 Å². The van der Waals surface area contributed by atoms with Gasteiger partial charge in [-0.25, -0.2) is 4.39 Å². The van der Waals surface area contributed by atoms with E-state index in [2.05, 4.69) is 0 Å². The molecule has 1 nitrogen and oxygen atoms in total. The normalized spacial score (nSPS) is 10.6. The second-order valence-electron chi connectivity index (χ2n) is 2.46. The van der Waals surface area contributed by atoms with Crippen LogP contribution in [0.1, 0.15) is 15.9 Å². The first-order valence-corrected chi connectivity index (χ1v) is 4.28. The van der Waals surface area contributed by atoms with E-state index >= 15 is 0 Å². The zero-order valence-corrected chi connectivity index (χ0v) is 7.59. The second-order valence-corrected chi connectivity index (χ2v) is 2.76. The molecule has 0 unspecified atom stereocenters. The van der Waals surface area contributed by atoms with E-state index in [-0.39, 0.29) is 5.82 Å². The molecule has 0 heterocycles. The van der Waals surface area contributed by atoms with Crippen LogP contribution in [0, 0.1) is 5.82 Å². The van der Waals surface area contributed by atoms with Crippen molar-refractivity contribution in [3.63, 3.8) is 0 Å². The van der Waals surface area contributed by atoms with Crippen LogP contribution in [0.2, 0.25) is 0 Å². The molecule has 0 saturated heterocycles. The Balaban J connectivity index is 3.03. The lowest BCUT2D eigenvalue weighted by atomic mass is 10.1. The molecule has 68 valence electrons. The van der Waals surface area contributed by atoms with Crippen molar-refractivity contribution in [2.75, 3.05) is 5.88 Å². The fraction of sp³-hybridized carbons (Fsp3) is 0.100. The predicted molar refractivity (Wildman–Crippen MR) is 51.5 cm³/mol. The minimum absolute atomic E-state index is 0.324. The third-order valence-corrected chi connectivity index (χ3v) is 1.72. The highest BCUT2D eigenvalue weighted by atomic mass is 35.5. The van der Waals surface area contributed by atoms with Gasteiger partial charge in [-0.1, -0.05) is 12.2 Å². The van der Waals surface area contributed by atoms with Crippen molar-refractivity contribution in [3.8, 4) is 0 Å². The van der Waals surface area contributed by atoms with Gasteiger partial charge in [0.15, 0.2) is 0 Å². The molecule has 1 rings (SSSR count). The molecule has 0 radical (unpaired) electrons. The number of hydrogen-bond acceptors (Lipinski definition) is 1.